The summed E-state index contributed by atoms with van der Waals surface area (Å²) in [5, 5.41) is 16.6. The molecule has 0 aromatic rings. The molecule has 0 fully saturated rings. The van der Waals surface area contributed by atoms with Gasteiger partial charge < -0.3 is 15.1 Å². The van der Waals surface area contributed by atoms with Crippen molar-refractivity contribution in [1.29, 1.82) is 0 Å². The summed E-state index contributed by atoms with van der Waals surface area (Å²) in [6, 6.07) is 0. The van der Waals surface area contributed by atoms with Gasteiger partial charge in [-0.25, -0.2) is 0 Å². The second-order valence-corrected chi connectivity index (χ2v) is 2.09. The van der Waals surface area contributed by atoms with Crippen molar-refractivity contribution in [3.63, 3.8) is 0 Å². The second-order valence-electron chi connectivity index (χ2n) is 1.94. The van der Waals surface area contributed by atoms with Gasteiger partial charge in [0.2, 0.25) is 0 Å². The molecule has 12 heavy (non-hydrogen) atoms. The van der Waals surface area contributed by atoms with Crippen LogP contribution in [0.4, 0.5) is 0 Å². The van der Waals surface area contributed by atoms with E-state index < -0.39 is 8.69 Å². The standard InChI is InChI=1S/C6H14O2.Na.HO2P/c7-5-3-1-2-4-6-8;;1-3-2/h7-8H,1-6H2;;(H,1,2)/q;+1;/p-1. The minimum absolute atomic E-state index is 0. The second kappa shape index (κ2) is 22.7. The van der Waals surface area contributed by atoms with Crippen LogP contribution in [0.2, 0.25) is 0 Å². The summed E-state index contributed by atoms with van der Waals surface area (Å²) in [5.74, 6) is 0. The third-order valence-corrected chi connectivity index (χ3v) is 1.07. The van der Waals surface area contributed by atoms with Crippen LogP contribution in [-0.2, 0) is 4.57 Å². The number of aliphatic hydroxyl groups excluding tert-OH is 2. The summed E-state index contributed by atoms with van der Waals surface area (Å²) in [6.07, 6.45) is 3.83. The molecule has 0 spiro atoms. The van der Waals surface area contributed by atoms with E-state index in [1.165, 1.54) is 0 Å². The third-order valence-electron chi connectivity index (χ3n) is 1.07. The molecule has 2 N–H and O–H groups in total. The topological polar surface area (TPSA) is 80.6 Å². The first-order chi connectivity index (χ1) is 5.33. The molecule has 0 amide bonds. The first kappa shape index (κ1) is 18.7. The van der Waals surface area contributed by atoms with Crippen LogP contribution < -0.4 is 34.5 Å². The molecule has 0 aromatic heterocycles. The van der Waals surface area contributed by atoms with Gasteiger partial charge in [-0.05, 0) is 12.8 Å². The first-order valence-electron chi connectivity index (χ1n) is 3.50. The number of unbranched alkanes of at least 4 members (excludes halogenated alkanes) is 3. The largest absolute Gasteiger partial charge is 1.00 e. The fourth-order valence-corrected chi connectivity index (χ4v) is 0.577. The SMILES string of the molecule is O=P[O-].OCCCCCCO.[Na+]. The molecule has 0 saturated carbocycles. The van der Waals surface area contributed by atoms with Crippen LogP contribution in [0.1, 0.15) is 25.7 Å². The van der Waals surface area contributed by atoms with E-state index in [0.29, 0.717) is 0 Å². The van der Waals surface area contributed by atoms with Gasteiger partial charge in [0.15, 0.2) is 0 Å². The van der Waals surface area contributed by atoms with E-state index in [0.717, 1.165) is 25.7 Å². The number of rotatable bonds is 5. The van der Waals surface area contributed by atoms with Gasteiger partial charge in [-0.2, -0.15) is 0 Å². The van der Waals surface area contributed by atoms with Crippen LogP contribution in [0.5, 0.6) is 0 Å². The van der Waals surface area contributed by atoms with Gasteiger partial charge in [0.05, 0.1) is 8.69 Å². The molecule has 0 aliphatic rings. The van der Waals surface area contributed by atoms with Gasteiger partial charge >= 0.3 is 29.6 Å². The van der Waals surface area contributed by atoms with Crippen LogP contribution in [0.25, 0.3) is 0 Å². The Kier molecular flexibility index (Phi) is 35.4. The molecule has 6 heteroatoms. The summed E-state index contributed by atoms with van der Waals surface area (Å²) in [5.41, 5.74) is 0. The summed E-state index contributed by atoms with van der Waals surface area (Å²) in [6.45, 7) is 0.566. The first-order valence-corrected chi connectivity index (χ1v) is 4.23. The number of hydrogen-bond acceptors (Lipinski definition) is 4. The molecule has 0 aliphatic heterocycles. The number of aliphatic hydroxyl groups is 2. The molecule has 0 unspecified atom stereocenters. The van der Waals surface area contributed by atoms with Crippen LogP contribution in [0.15, 0.2) is 0 Å². The molecule has 0 radical (unpaired) electrons. The zero-order valence-corrected chi connectivity index (χ0v) is 10.3. The Hall–Kier alpha value is 0.980. The van der Waals surface area contributed by atoms with E-state index >= 15 is 0 Å². The summed E-state index contributed by atoms with van der Waals surface area (Å²) >= 11 is 0. The zero-order valence-electron chi connectivity index (χ0n) is 7.40. The monoisotopic (exact) mass is 204 g/mol. The Morgan fingerprint density at radius 2 is 1.25 bits per heavy atom. The Morgan fingerprint density at radius 3 is 1.42 bits per heavy atom. The molecule has 0 aliphatic carbocycles. The predicted octanol–water partition coefficient (Wildman–Crippen LogP) is -2.91. The minimum atomic E-state index is -1.08. The van der Waals surface area contributed by atoms with E-state index in [9.17, 15) is 0 Å². The maximum Gasteiger partial charge on any atom is 1.00 e. The molecular weight excluding hydrogens is 190 g/mol. The van der Waals surface area contributed by atoms with Gasteiger partial charge in [-0.15, -0.1) is 0 Å². The van der Waals surface area contributed by atoms with E-state index in [4.69, 9.17) is 19.7 Å². The quantitative estimate of drug-likeness (QED) is 0.286. The van der Waals surface area contributed by atoms with E-state index in [1.54, 1.807) is 0 Å². The Labute approximate surface area is 96.6 Å². The van der Waals surface area contributed by atoms with Crippen molar-refractivity contribution < 1.29 is 49.2 Å². The van der Waals surface area contributed by atoms with Crippen molar-refractivity contribution in [3.05, 3.63) is 0 Å². The Bertz CT molecular complexity index is 68.6. The smallest absolute Gasteiger partial charge is 0.772 e. The Morgan fingerprint density at radius 1 is 1.00 bits per heavy atom. The van der Waals surface area contributed by atoms with E-state index in [-0.39, 0.29) is 42.8 Å². The van der Waals surface area contributed by atoms with Crippen molar-refractivity contribution in [2.45, 2.75) is 25.7 Å². The average molecular weight is 204 g/mol. The minimum Gasteiger partial charge on any atom is -0.772 e. The fraction of sp³-hybridized carbons (Fsp3) is 1.00. The van der Waals surface area contributed by atoms with Crippen LogP contribution >= 0.6 is 8.69 Å². The zero-order chi connectivity index (χ0) is 8.95. The van der Waals surface area contributed by atoms with Crippen LogP contribution in [0, 0.1) is 0 Å². The van der Waals surface area contributed by atoms with Crippen molar-refractivity contribution in [2.24, 2.45) is 0 Å². The molecule has 68 valence electrons. The van der Waals surface area contributed by atoms with Crippen molar-refractivity contribution >= 4 is 8.69 Å². The molecule has 0 bridgehead atoms. The normalized spacial score (nSPS) is 8.25. The molecule has 0 heterocycles. The average Bonchev–Trinajstić information content (AvgIpc) is 2.00. The van der Waals surface area contributed by atoms with Crippen molar-refractivity contribution in [2.75, 3.05) is 13.2 Å². The summed E-state index contributed by atoms with van der Waals surface area (Å²) < 4.78 is 8.35. The van der Waals surface area contributed by atoms with Gasteiger partial charge in [-0.3, -0.25) is 4.57 Å². The molecular formula is C6H14NaO4P. The molecule has 0 atom stereocenters. The van der Waals surface area contributed by atoms with E-state index in [1.807, 2.05) is 0 Å². The molecule has 0 rings (SSSR count). The number of hydrogen-bond donors (Lipinski definition) is 2. The fourth-order valence-electron chi connectivity index (χ4n) is 0.577. The van der Waals surface area contributed by atoms with Crippen molar-refractivity contribution in [1.82, 2.24) is 0 Å². The van der Waals surface area contributed by atoms with Crippen LogP contribution in [0.3, 0.4) is 0 Å². The van der Waals surface area contributed by atoms with Gasteiger partial charge in [0, 0.05) is 13.2 Å². The summed E-state index contributed by atoms with van der Waals surface area (Å²) in [7, 11) is -1.08. The maximum atomic E-state index is 8.35. The van der Waals surface area contributed by atoms with E-state index in [2.05, 4.69) is 0 Å². The summed E-state index contributed by atoms with van der Waals surface area (Å²) in [4.78, 5) is 8.35. The molecule has 0 aromatic carbocycles. The maximum absolute atomic E-state index is 8.35. The van der Waals surface area contributed by atoms with Crippen LogP contribution in [-0.4, -0.2) is 23.4 Å². The van der Waals surface area contributed by atoms with Gasteiger partial charge in [-0.1, -0.05) is 12.8 Å². The van der Waals surface area contributed by atoms with Crippen molar-refractivity contribution in [3.8, 4) is 0 Å². The molecule has 4 nitrogen and oxygen atoms in total. The molecule has 0 saturated heterocycles. The predicted molar refractivity (Wildman–Crippen MR) is 40.2 cm³/mol. The van der Waals surface area contributed by atoms with Gasteiger partial charge in [0.1, 0.15) is 0 Å². The third kappa shape index (κ3) is 30.6. The Balaban J connectivity index is -0.000000177. The van der Waals surface area contributed by atoms with Gasteiger partial charge in [0.25, 0.3) is 0 Å².